The minimum Gasteiger partial charge on any atom is -0.323 e. The van der Waals surface area contributed by atoms with Crippen LogP contribution in [0.4, 0.5) is 8.78 Å². The molecule has 0 saturated heterocycles. The molecule has 2 aromatic rings. The summed E-state index contributed by atoms with van der Waals surface area (Å²) in [5, 5.41) is 0.616. The molecule has 1 nitrogen and oxygen atoms in total. The zero-order valence-electron chi connectivity index (χ0n) is 10.5. The van der Waals surface area contributed by atoms with Crippen LogP contribution < -0.4 is 5.73 Å². The monoisotopic (exact) mass is 281 g/mol. The molecule has 100 valence electrons. The fourth-order valence-electron chi connectivity index (χ4n) is 1.99. The van der Waals surface area contributed by atoms with Crippen LogP contribution in [0.1, 0.15) is 22.7 Å². The van der Waals surface area contributed by atoms with Gasteiger partial charge >= 0.3 is 0 Å². The molecule has 0 amide bonds. The number of rotatable bonds is 3. The van der Waals surface area contributed by atoms with Crippen molar-refractivity contribution >= 4 is 11.6 Å². The van der Waals surface area contributed by atoms with E-state index in [1.54, 1.807) is 31.2 Å². The van der Waals surface area contributed by atoms with Gasteiger partial charge in [0.1, 0.15) is 11.6 Å². The summed E-state index contributed by atoms with van der Waals surface area (Å²) in [7, 11) is 0. The van der Waals surface area contributed by atoms with Crippen molar-refractivity contribution in [3.63, 3.8) is 0 Å². The molecule has 2 N–H and O–H groups in total. The normalized spacial score (nSPS) is 12.5. The summed E-state index contributed by atoms with van der Waals surface area (Å²) in [4.78, 5) is 0. The minimum atomic E-state index is -0.721. The van der Waals surface area contributed by atoms with Crippen LogP contribution in [0.25, 0.3) is 0 Å². The summed E-state index contributed by atoms with van der Waals surface area (Å²) in [6.07, 6.45) is 0.356. The van der Waals surface area contributed by atoms with Crippen molar-refractivity contribution < 1.29 is 8.78 Å². The van der Waals surface area contributed by atoms with Gasteiger partial charge in [0.25, 0.3) is 0 Å². The fraction of sp³-hybridized carbons (Fsp3) is 0.200. The molecule has 0 spiro atoms. The summed E-state index contributed by atoms with van der Waals surface area (Å²) >= 11 is 5.79. The Morgan fingerprint density at radius 1 is 1.11 bits per heavy atom. The molecule has 2 rings (SSSR count). The molecule has 0 heterocycles. The predicted molar refractivity (Wildman–Crippen MR) is 73.2 cm³/mol. The number of aryl methyl sites for hydroxylation is 1. The third-order valence-corrected chi connectivity index (χ3v) is 3.31. The van der Waals surface area contributed by atoms with Gasteiger partial charge in [-0.05, 0) is 42.7 Å². The van der Waals surface area contributed by atoms with Crippen LogP contribution in [0, 0.1) is 18.6 Å². The van der Waals surface area contributed by atoms with Gasteiger partial charge in [0.05, 0.1) is 0 Å². The van der Waals surface area contributed by atoms with Gasteiger partial charge in [-0.3, -0.25) is 0 Å². The van der Waals surface area contributed by atoms with Gasteiger partial charge in [0, 0.05) is 16.6 Å². The maximum Gasteiger partial charge on any atom is 0.133 e. The lowest BCUT2D eigenvalue weighted by Crippen LogP contribution is -2.17. The van der Waals surface area contributed by atoms with Crippen LogP contribution in [0.15, 0.2) is 36.4 Å². The third-order valence-electron chi connectivity index (χ3n) is 3.06. The molecule has 0 aliphatic heterocycles. The van der Waals surface area contributed by atoms with Gasteiger partial charge in [-0.1, -0.05) is 29.8 Å². The molecule has 0 saturated carbocycles. The number of hydrogen-bond acceptors (Lipinski definition) is 1. The first kappa shape index (κ1) is 14.0. The van der Waals surface area contributed by atoms with Crippen molar-refractivity contribution in [2.45, 2.75) is 19.4 Å². The molecule has 1 unspecified atom stereocenters. The zero-order chi connectivity index (χ0) is 14.0. The molecule has 0 aliphatic carbocycles. The Balaban J connectivity index is 2.27. The Bertz CT molecular complexity index is 581. The van der Waals surface area contributed by atoms with Crippen LogP contribution in [0.3, 0.4) is 0 Å². The summed E-state index contributed by atoms with van der Waals surface area (Å²) in [6, 6.07) is 8.99. The van der Waals surface area contributed by atoms with Gasteiger partial charge in [0.15, 0.2) is 0 Å². The lowest BCUT2D eigenvalue weighted by molar-refractivity contribution is 0.520. The molecule has 1 atom stereocenters. The van der Waals surface area contributed by atoms with Gasteiger partial charge in [0.2, 0.25) is 0 Å². The molecule has 0 fully saturated rings. The molecule has 0 aliphatic rings. The van der Waals surface area contributed by atoms with E-state index in [2.05, 4.69) is 0 Å². The van der Waals surface area contributed by atoms with Crippen molar-refractivity contribution in [2.75, 3.05) is 0 Å². The highest BCUT2D eigenvalue weighted by molar-refractivity contribution is 6.30. The lowest BCUT2D eigenvalue weighted by Gasteiger charge is -2.15. The van der Waals surface area contributed by atoms with Crippen LogP contribution in [0.5, 0.6) is 0 Å². The Morgan fingerprint density at radius 2 is 1.74 bits per heavy atom. The minimum absolute atomic E-state index is 0.0602. The summed E-state index contributed by atoms with van der Waals surface area (Å²) in [6.45, 7) is 1.59. The average molecular weight is 282 g/mol. The largest absolute Gasteiger partial charge is 0.323 e. The van der Waals surface area contributed by atoms with Gasteiger partial charge < -0.3 is 5.73 Å². The molecule has 19 heavy (non-hydrogen) atoms. The highest BCUT2D eigenvalue weighted by Crippen LogP contribution is 2.24. The molecule has 4 heteroatoms. The molecule has 2 aromatic carbocycles. The quantitative estimate of drug-likeness (QED) is 0.898. The second kappa shape index (κ2) is 5.68. The van der Waals surface area contributed by atoms with E-state index in [0.29, 0.717) is 17.0 Å². The number of halogens is 3. The van der Waals surface area contributed by atoms with E-state index in [-0.39, 0.29) is 5.56 Å². The summed E-state index contributed by atoms with van der Waals surface area (Å²) in [5.41, 5.74) is 7.14. The van der Waals surface area contributed by atoms with Crippen LogP contribution in [-0.2, 0) is 6.42 Å². The van der Waals surface area contributed by atoms with Gasteiger partial charge in [-0.25, -0.2) is 8.78 Å². The van der Waals surface area contributed by atoms with Crippen LogP contribution in [0.2, 0.25) is 5.02 Å². The predicted octanol–water partition coefficient (Wildman–Crippen LogP) is 4.17. The van der Waals surface area contributed by atoms with E-state index in [0.717, 1.165) is 5.56 Å². The Hall–Kier alpha value is -1.45. The van der Waals surface area contributed by atoms with E-state index in [1.165, 1.54) is 12.1 Å². The topological polar surface area (TPSA) is 26.0 Å². The summed E-state index contributed by atoms with van der Waals surface area (Å²) < 4.78 is 27.6. The molecule has 0 radical (unpaired) electrons. The van der Waals surface area contributed by atoms with E-state index in [1.807, 2.05) is 0 Å². The highest BCUT2D eigenvalue weighted by atomic mass is 35.5. The number of benzene rings is 2. The summed E-state index contributed by atoms with van der Waals surface area (Å²) in [5.74, 6) is -1.17. The first-order chi connectivity index (χ1) is 8.99. The third kappa shape index (κ3) is 3.11. The maximum atomic E-state index is 13.9. The van der Waals surface area contributed by atoms with E-state index >= 15 is 0 Å². The standard InChI is InChI=1S/C15H14ClF2N/c1-9-2-7-12(17)14(15(9)18)13(19)8-10-3-5-11(16)6-4-10/h2-7,13H,8,19H2,1H3. The van der Waals surface area contributed by atoms with E-state index in [4.69, 9.17) is 17.3 Å². The lowest BCUT2D eigenvalue weighted by atomic mass is 9.97. The molecular formula is C15H14ClF2N. The Kier molecular flexibility index (Phi) is 4.17. The van der Waals surface area contributed by atoms with Crippen molar-refractivity contribution in [3.8, 4) is 0 Å². The first-order valence-electron chi connectivity index (χ1n) is 5.93. The maximum absolute atomic E-state index is 13.9. The molecule has 0 aromatic heterocycles. The van der Waals surface area contributed by atoms with Crippen molar-refractivity contribution in [1.29, 1.82) is 0 Å². The second-order valence-corrected chi connectivity index (χ2v) is 4.97. The fourth-order valence-corrected chi connectivity index (χ4v) is 2.12. The first-order valence-corrected chi connectivity index (χ1v) is 6.31. The number of hydrogen-bond donors (Lipinski definition) is 1. The zero-order valence-corrected chi connectivity index (χ0v) is 11.2. The second-order valence-electron chi connectivity index (χ2n) is 4.53. The van der Waals surface area contributed by atoms with E-state index in [9.17, 15) is 8.78 Å². The Morgan fingerprint density at radius 3 is 2.37 bits per heavy atom. The molecular weight excluding hydrogens is 268 g/mol. The van der Waals surface area contributed by atoms with Gasteiger partial charge in [-0.15, -0.1) is 0 Å². The molecule has 0 bridgehead atoms. The highest BCUT2D eigenvalue weighted by Gasteiger charge is 2.18. The smallest absolute Gasteiger partial charge is 0.133 e. The van der Waals surface area contributed by atoms with Crippen LogP contribution in [-0.4, -0.2) is 0 Å². The van der Waals surface area contributed by atoms with Crippen molar-refractivity contribution in [1.82, 2.24) is 0 Å². The van der Waals surface area contributed by atoms with Crippen molar-refractivity contribution in [3.05, 3.63) is 69.7 Å². The Labute approximate surface area is 116 Å². The van der Waals surface area contributed by atoms with E-state index < -0.39 is 17.7 Å². The average Bonchev–Trinajstić information content (AvgIpc) is 2.37. The number of nitrogens with two attached hydrogens (primary N) is 1. The van der Waals surface area contributed by atoms with Crippen LogP contribution >= 0.6 is 11.6 Å². The van der Waals surface area contributed by atoms with Gasteiger partial charge in [-0.2, -0.15) is 0 Å². The van der Waals surface area contributed by atoms with Crippen molar-refractivity contribution in [2.24, 2.45) is 5.73 Å². The SMILES string of the molecule is Cc1ccc(F)c(C(N)Cc2ccc(Cl)cc2)c1F.